The van der Waals surface area contributed by atoms with E-state index in [4.69, 9.17) is 9.47 Å². The van der Waals surface area contributed by atoms with Gasteiger partial charge in [-0.2, -0.15) is 4.98 Å². The van der Waals surface area contributed by atoms with Gasteiger partial charge in [-0.3, -0.25) is 0 Å². The van der Waals surface area contributed by atoms with E-state index in [1.165, 1.54) is 0 Å². The molecular formula is C21H22N4O3. The number of aromatic nitrogens is 2. The van der Waals surface area contributed by atoms with Gasteiger partial charge in [0.2, 0.25) is 5.95 Å². The molecule has 7 nitrogen and oxygen atoms in total. The van der Waals surface area contributed by atoms with Gasteiger partial charge in [0.15, 0.2) is 0 Å². The standard InChI is InChI=1S/C21H22N4O3/c1-3-28-20(26)15-8-10-17(11-9-15)24-19-12-13-22-21(25-19)23-14-16-6-4-5-7-18(16)27-2/h4-13H,3,14H2,1-2H3,(H2,22,23,24,25). The minimum absolute atomic E-state index is 0.334. The van der Waals surface area contributed by atoms with Gasteiger partial charge in [0.05, 0.1) is 19.3 Å². The van der Waals surface area contributed by atoms with E-state index in [1.807, 2.05) is 24.3 Å². The summed E-state index contributed by atoms with van der Waals surface area (Å²) in [4.78, 5) is 20.4. The molecule has 2 aromatic carbocycles. The second-order valence-electron chi connectivity index (χ2n) is 5.85. The van der Waals surface area contributed by atoms with E-state index in [0.29, 0.717) is 30.5 Å². The highest BCUT2D eigenvalue weighted by molar-refractivity contribution is 5.89. The highest BCUT2D eigenvalue weighted by Crippen LogP contribution is 2.19. The molecule has 1 aromatic heterocycles. The molecule has 28 heavy (non-hydrogen) atoms. The normalized spacial score (nSPS) is 10.2. The van der Waals surface area contributed by atoms with E-state index in [1.54, 1.807) is 50.6 Å². The number of rotatable bonds is 8. The predicted octanol–water partition coefficient (Wildman–Crippen LogP) is 4.02. The topological polar surface area (TPSA) is 85.4 Å². The van der Waals surface area contributed by atoms with Gasteiger partial charge in [-0.15, -0.1) is 0 Å². The molecule has 0 fully saturated rings. The van der Waals surface area contributed by atoms with Crippen LogP contribution in [0, 0.1) is 0 Å². The maximum atomic E-state index is 11.7. The minimum atomic E-state index is -0.334. The lowest BCUT2D eigenvalue weighted by Gasteiger charge is -2.11. The summed E-state index contributed by atoms with van der Waals surface area (Å²) < 4.78 is 10.3. The lowest BCUT2D eigenvalue weighted by molar-refractivity contribution is 0.0526. The lowest BCUT2D eigenvalue weighted by atomic mass is 10.2. The summed E-state index contributed by atoms with van der Waals surface area (Å²) >= 11 is 0. The zero-order valence-electron chi connectivity index (χ0n) is 15.8. The van der Waals surface area contributed by atoms with Gasteiger partial charge in [0.25, 0.3) is 0 Å². The summed E-state index contributed by atoms with van der Waals surface area (Å²) in [5.74, 6) is 1.62. The van der Waals surface area contributed by atoms with Crippen LogP contribution in [0.1, 0.15) is 22.8 Å². The Morgan fingerprint density at radius 1 is 1.07 bits per heavy atom. The summed E-state index contributed by atoms with van der Waals surface area (Å²) in [6, 6.07) is 16.6. The predicted molar refractivity (Wildman–Crippen MR) is 108 cm³/mol. The van der Waals surface area contributed by atoms with E-state index < -0.39 is 0 Å². The Labute approximate surface area is 163 Å². The maximum Gasteiger partial charge on any atom is 0.338 e. The van der Waals surface area contributed by atoms with Crippen molar-refractivity contribution in [1.82, 2.24) is 9.97 Å². The molecule has 0 unspecified atom stereocenters. The summed E-state index contributed by atoms with van der Waals surface area (Å²) in [7, 11) is 1.65. The van der Waals surface area contributed by atoms with Crippen molar-refractivity contribution in [2.45, 2.75) is 13.5 Å². The number of nitrogens with one attached hydrogen (secondary N) is 2. The smallest absolute Gasteiger partial charge is 0.338 e. The van der Waals surface area contributed by atoms with Crippen molar-refractivity contribution in [3.8, 4) is 5.75 Å². The molecule has 0 saturated carbocycles. The number of hydrogen-bond acceptors (Lipinski definition) is 7. The van der Waals surface area contributed by atoms with Crippen molar-refractivity contribution in [3.05, 3.63) is 71.9 Å². The Morgan fingerprint density at radius 2 is 1.86 bits per heavy atom. The summed E-state index contributed by atoms with van der Waals surface area (Å²) in [6.45, 7) is 2.68. The van der Waals surface area contributed by atoms with Crippen LogP contribution in [0.25, 0.3) is 0 Å². The van der Waals surface area contributed by atoms with Gasteiger partial charge in [-0.05, 0) is 43.3 Å². The average Bonchev–Trinajstić information content (AvgIpc) is 2.73. The fourth-order valence-electron chi connectivity index (χ4n) is 2.59. The molecule has 3 rings (SSSR count). The first kappa shape index (κ1) is 19.2. The number of benzene rings is 2. The Morgan fingerprint density at radius 3 is 2.61 bits per heavy atom. The maximum absolute atomic E-state index is 11.7. The quantitative estimate of drug-likeness (QED) is 0.573. The fourth-order valence-corrected chi connectivity index (χ4v) is 2.59. The van der Waals surface area contributed by atoms with E-state index in [0.717, 1.165) is 17.0 Å². The largest absolute Gasteiger partial charge is 0.496 e. The molecule has 0 atom stereocenters. The van der Waals surface area contributed by atoms with Crippen LogP contribution in [-0.2, 0) is 11.3 Å². The van der Waals surface area contributed by atoms with E-state index in [-0.39, 0.29) is 5.97 Å². The first-order valence-corrected chi connectivity index (χ1v) is 8.92. The first-order valence-electron chi connectivity index (χ1n) is 8.92. The molecule has 0 saturated heterocycles. The van der Waals surface area contributed by atoms with Gasteiger partial charge < -0.3 is 20.1 Å². The van der Waals surface area contributed by atoms with Crippen LogP contribution in [0.3, 0.4) is 0 Å². The van der Waals surface area contributed by atoms with Crippen molar-refractivity contribution >= 4 is 23.4 Å². The molecule has 0 aliphatic heterocycles. The Hall–Kier alpha value is -3.61. The fraction of sp³-hybridized carbons (Fsp3) is 0.190. The van der Waals surface area contributed by atoms with Gasteiger partial charge in [-0.25, -0.2) is 9.78 Å². The highest BCUT2D eigenvalue weighted by atomic mass is 16.5. The third kappa shape index (κ3) is 4.97. The number of anilines is 3. The number of hydrogen-bond donors (Lipinski definition) is 2. The van der Waals surface area contributed by atoms with Crippen LogP contribution in [0.2, 0.25) is 0 Å². The second-order valence-corrected chi connectivity index (χ2v) is 5.85. The molecular weight excluding hydrogens is 356 g/mol. The van der Waals surface area contributed by atoms with Gasteiger partial charge in [-0.1, -0.05) is 18.2 Å². The SMILES string of the molecule is CCOC(=O)c1ccc(Nc2ccnc(NCc3ccccc3OC)n2)cc1. The molecule has 0 aliphatic rings. The molecule has 0 radical (unpaired) electrons. The van der Waals surface area contributed by atoms with Gasteiger partial charge >= 0.3 is 5.97 Å². The zero-order valence-corrected chi connectivity index (χ0v) is 15.8. The number of para-hydroxylation sites is 1. The molecule has 144 valence electrons. The zero-order chi connectivity index (χ0) is 19.8. The number of ether oxygens (including phenoxy) is 2. The molecule has 7 heteroatoms. The van der Waals surface area contributed by atoms with Crippen LogP contribution in [0.4, 0.5) is 17.5 Å². The summed E-state index contributed by atoms with van der Waals surface area (Å²) in [5.41, 5.74) is 2.33. The Kier molecular flexibility index (Phi) is 6.41. The van der Waals surface area contributed by atoms with Crippen LogP contribution < -0.4 is 15.4 Å². The summed E-state index contributed by atoms with van der Waals surface area (Å²) in [5, 5.41) is 6.39. The van der Waals surface area contributed by atoms with Crippen molar-refractivity contribution in [2.75, 3.05) is 24.4 Å². The second kappa shape index (κ2) is 9.36. The average molecular weight is 378 g/mol. The highest BCUT2D eigenvalue weighted by Gasteiger charge is 2.07. The lowest BCUT2D eigenvalue weighted by Crippen LogP contribution is -2.06. The van der Waals surface area contributed by atoms with Crippen LogP contribution in [0.15, 0.2) is 60.8 Å². The molecule has 3 aromatic rings. The van der Waals surface area contributed by atoms with Crippen LogP contribution in [-0.4, -0.2) is 29.7 Å². The number of carbonyl (C=O) groups is 1. The van der Waals surface area contributed by atoms with Gasteiger partial charge in [0, 0.05) is 24.0 Å². The summed E-state index contributed by atoms with van der Waals surface area (Å²) in [6.07, 6.45) is 1.67. The van der Waals surface area contributed by atoms with Crippen LogP contribution in [0.5, 0.6) is 5.75 Å². The van der Waals surface area contributed by atoms with Crippen molar-refractivity contribution in [1.29, 1.82) is 0 Å². The molecule has 0 aliphatic carbocycles. The van der Waals surface area contributed by atoms with Crippen LogP contribution >= 0.6 is 0 Å². The number of carbonyl (C=O) groups excluding carboxylic acids is 1. The molecule has 1 heterocycles. The van der Waals surface area contributed by atoms with Crippen molar-refractivity contribution in [2.24, 2.45) is 0 Å². The van der Waals surface area contributed by atoms with E-state index in [9.17, 15) is 4.79 Å². The Bertz CT molecular complexity index is 929. The number of nitrogens with zero attached hydrogens (tertiary/aromatic N) is 2. The molecule has 0 spiro atoms. The van der Waals surface area contributed by atoms with E-state index in [2.05, 4.69) is 20.6 Å². The number of methoxy groups -OCH3 is 1. The Balaban J connectivity index is 1.64. The first-order chi connectivity index (χ1) is 13.7. The molecule has 0 amide bonds. The van der Waals surface area contributed by atoms with E-state index >= 15 is 0 Å². The number of esters is 1. The third-order valence-electron chi connectivity index (χ3n) is 3.95. The molecule has 2 N–H and O–H groups in total. The molecule has 0 bridgehead atoms. The third-order valence-corrected chi connectivity index (χ3v) is 3.95. The minimum Gasteiger partial charge on any atom is -0.496 e. The monoisotopic (exact) mass is 378 g/mol. The van der Waals surface area contributed by atoms with Crippen molar-refractivity contribution in [3.63, 3.8) is 0 Å². The van der Waals surface area contributed by atoms with Crippen molar-refractivity contribution < 1.29 is 14.3 Å². The van der Waals surface area contributed by atoms with Gasteiger partial charge in [0.1, 0.15) is 11.6 Å².